The number of carbonyl (C=O) groups excluding carboxylic acids is 2. The normalized spacial score (nSPS) is 18.8. The summed E-state index contributed by atoms with van der Waals surface area (Å²) >= 11 is 0. The summed E-state index contributed by atoms with van der Waals surface area (Å²) in [5, 5.41) is 9.05. The second kappa shape index (κ2) is 6.80. The van der Waals surface area contributed by atoms with Crippen LogP contribution in [0.3, 0.4) is 0 Å². The Morgan fingerprint density at radius 3 is 2.58 bits per heavy atom. The molecular weight excluding hydrogens is 388 g/mol. The lowest BCUT2D eigenvalue weighted by atomic mass is 9.94. The molecule has 0 aliphatic carbocycles. The lowest BCUT2D eigenvalue weighted by Crippen LogP contribution is -2.60. The largest absolute Gasteiger partial charge is 0.357 e. The fraction of sp³-hybridized carbons (Fsp3) is 0.160. The van der Waals surface area contributed by atoms with Gasteiger partial charge in [0, 0.05) is 28.6 Å². The molecule has 2 amide bonds. The lowest BCUT2D eigenvalue weighted by molar-refractivity contribution is -0.157. The van der Waals surface area contributed by atoms with Crippen molar-refractivity contribution in [2.24, 2.45) is 5.10 Å². The molecule has 3 aromatic carbocycles. The monoisotopic (exact) mass is 408 g/mol. The van der Waals surface area contributed by atoms with Gasteiger partial charge in [-0.15, -0.1) is 0 Å². The predicted octanol–water partition coefficient (Wildman–Crippen LogP) is 3.45. The molecule has 0 unspecified atom stereocenters. The second-order valence-corrected chi connectivity index (χ2v) is 8.08. The van der Waals surface area contributed by atoms with Crippen LogP contribution in [0.5, 0.6) is 0 Å². The summed E-state index contributed by atoms with van der Waals surface area (Å²) < 4.78 is 0. The Morgan fingerprint density at radius 2 is 1.68 bits per heavy atom. The summed E-state index contributed by atoms with van der Waals surface area (Å²) in [5.41, 5.74) is 4.10. The van der Waals surface area contributed by atoms with E-state index in [4.69, 9.17) is 0 Å². The molecule has 31 heavy (non-hydrogen) atoms. The van der Waals surface area contributed by atoms with Gasteiger partial charge in [0.05, 0.1) is 12.8 Å². The summed E-state index contributed by atoms with van der Waals surface area (Å²) in [5.74, 6) is -0.212. The van der Waals surface area contributed by atoms with Crippen molar-refractivity contribution in [3.63, 3.8) is 0 Å². The van der Waals surface area contributed by atoms with Crippen LogP contribution in [0, 0.1) is 0 Å². The van der Waals surface area contributed by atoms with Gasteiger partial charge in [0.2, 0.25) is 5.91 Å². The van der Waals surface area contributed by atoms with Crippen molar-refractivity contribution in [1.29, 1.82) is 0 Å². The molecule has 3 heterocycles. The number of para-hydroxylation sites is 1. The number of hydrogen-bond acceptors (Lipinski definition) is 3. The minimum atomic E-state index is -0.516. The Bertz CT molecular complexity index is 1380. The molecule has 0 saturated carbocycles. The highest BCUT2D eigenvalue weighted by Gasteiger charge is 2.43. The zero-order chi connectivity index (χ0) is 20.9. The van der Waals surface area contributed by atoms with Crippen LogP contribution in [0.4, 0.5) is 0 Å². The van der Waals surface area contributed by atoms with Gasteiger partial charge in [-0.05, 0) is 22.4 Å². The molecule has 1 saturated heterocycles. The standard InChI is InChI=1S/C25H20N4O2/c30-24-15-29(26-13-17-8-5-7-16-6-1-2-9-18(16)17)25(31)23-12-20-19-10-3-4-11-21(19)27-22(20)14-28(23)24/h1-11,13,23,27H,12,14-15H2/b26-13-/t23-/m0/s1. The highest BCUT2D eigenvalue weighted by molar-refractivity contribution is 6.01. The van der Waals surface area contributed by atoms with Crippen molar-refractivity contribution in [2.45, 2.75) is 19.0 Å². The highest BCUT2D eigenvalue weighted by Crippen LogP contribution is 2.32. The van der Waals surface area contributed by atoms with Crippen molar-refractivity contribution >= 4 is 39.7 Å². The molecule has 1 aromatic heterocycles. The number of nitrogens with one attached hydrogen (secondary N) is 1. The highest BCUT2D eigenvalue weighted by atomic mass is 16.2. The second-order valence-electron chi connectivity index (χ2n) is 8.08. The summed E-state index contributed by atoms with van der Waals surface area (Å²) in [7, 11) is 0. The molecule has 0 bridgehead atoms. The number of aromatic nitrogens is 1. The van der Waals surface area contributed by atoms with Crippen molar-refractivity contribution in [1.82, 2.24) is 14.9 Å². The summed E-state index contributed by atoms with van der Waals surface area (Å²) in [6.07, 6.45) is 2.19. The number of rotatable bonds is 2. The van der Waals surface area contributed by atoms with Crippen LogP contribution in [0.1, 0.15) is 16.8 Å². The fourth-order valence-corrected chi connectivity index (χ4v) is 4.75. The molecule has 2 aliphatic rings. The van der Waals surface area contributed by atoms with E-state index >= 15 is 0 Å². The Balaban J connectivity index is 1.32. The number of amides is 2. The molecule has 0 radical (unpaired) electrons. The number of carbonyl (C=O) groups is 2. The van der Waals surface area contributed by atoms with E-state index in [0.717, 1.165) is 38.5 Å². The van der Waals surface area contributed by atoms with E-state index in [1.807, 2.05) is 60.7 Å². The van der Waals surface area contributed by atoms with Gasteiger partial charge < -0.3 is 9.88 Å². The first-order chi connectivity index (χ1) is 15.2. The smallest absolute Gasteiger partial charge is 0.266 e. The lowest BCUT2D eigenvalue weighted by Gasteiger charge is -2.40. The number of benzene rings is 3. The topological polar surface area (TPSA) is 68.8 Å². The van der Waals surface area contributed by atoms with Gasteiger partial charge in [-0.1, -0.05) is 60.7 Å². The van der Waals surface area contributed by atoms with Gasteiger partial charge >= 0.3 is 0 Å². The molecule has 152 valence electrons. The number of piperazine rings is 1. The van der Waals surface area contributed by atoms with Crippen LogP contribution in [0.25, 0.3) is 21.7 Å². The van der Waals surface area contributed by atoms with E-state index in [1.165, 1.54) is 5.01 Å². The van der Waals surface area contributed by atoms with E-state index in [0.29, 0.717) is 13.0 Å². The van der Waals surface area contributed by atoms with E-state index in [-0.39, 0.29) is 18.4 Å². The number of H-pyrrole nitrogens is 1. The average molecular weight is 408 g/mol. The van der Waals surface area contributed by atoms with Crippen LogP contribution in [-0.4, -0.2) is 45.5 Å². The third kappa shape index (κ3) is 2.83. The molecule has 1 atom stereocenters. The molecule has 1 fully saturated rings. The van der Waals surface area contributed by atoms with E-state index in [1.54, 1.807) is 11.1 Å². The fourth-order valence-electron chi connectivity index (χ4n) is 4.75. The molecule has 0 spiro atoms. The van der Waals surface area contributed by atoms with Crippen molar-refractivity contribution in [3.05, 3.63) is 83.6 Å². The van der Waals surface area contributed by atoms with Gasteiger partial charge in [0.1, 0.15) is 12.6 Å². The summed E-state index contributed by atoms with van der Waals surface area (Å²) in [6.45, 7) is 0.395. The quantitative estimate of drug-likeness (QED) is 0.516. The zero-order valence-corrected chi connectivity index (χ0v) is 16.8. The SMILES string of the molecule is O=C1[C@@H]2Cc3c([nH]c4ccccc34)CN2C(=O)CN1/N=C\c1cccc2ccccc12. The molecule has 4 aromatic rings. The maximum absolute atomic E-state index is 13.3. The van der Waals surface area contributed by atoms with Gasteiger partial charge in [-0.2, -0.15) is 5.10 Å². The van der Waals surface area contributed by atoms with Gasteiger partial charge in [0.15, 0.2) is 0 Å². The maximum atomic E-state index is 13.3. The van der Waals surface area contributed by atoms with Crippen LogP contribution in [-0.2, 0) is 22.6 Å². The first-order valence-corrected chi connectivity index (χ1v) is 10.4. The van der Waals surface area contributed by atoms with Gasteiger partial charge in [0.25, 0.3) is 5.91 Å². The number of hydrazone groups is 1. The van der Waals surface area contributed by atoms with Crippen LogP contribution < -0.4 is 0 Å². The number of aromatic amines is 1. The Labute approximate surface area is 178 Å². The Hall–Kier alpha value is -3.93. The minimum Gasteiger partial charge on any atom is -0.357 e. The summed E-state index contributed by atoms with van der Waals surface area (Å²) in [4.78, 5) is 31.2. The molecule has 1 N–H and O–H groups in total. The minimum absolute atomic E-state index is 0.0356. The zero-order valence-electron chi connectivity index (χ0n) is 16.8. The van der Waals surface area contributed by atoms with Crippen molar-refractivity contribution in [3.8, 4) is 0 Å². The van der Waals surface area contributed by atoms with Crippen LogP contribution in [0.15, 0.2) is 71.8 Å². The Kier molecular flexibility index (Phi) is 3.93. The molecule has 2 aliphatic heterocycles. The van der Waals surface area contributed by atoms with Gasteiger partial charge in [-0.3, -0.25) is 9.59 Å². The average Bonchev–Trinajstić information content (AvgIpc) is 3.17. The number of nitrogens with zero attached hydrogens (tertiary/aromatic N) is 3. The van der Waals surface area contributed by atoms with Crippen LogP contribution >= 0.6 is 0 Å². The van der Waals surface area contributed by atoms with E-state index < -0.39 is 6.04 Å². The van der Waals surface area contributed by atoms with Crippen molar-refractivity contribution in [2.75, 3.05) is 6.54 Å². The first-order valence-electron chi connectivity index (χ1n) is 10.4. The Morgan fingerprint density at radius 1 is 0.903 bits per heavy atom. The first kappa shape index (κ1) is 17.9. The summed E-state index contributed by atoms with van der Waals surface area (Å²) in [6, 6.07) is 21.6. The third-order valence-electron chi connectivity index (χ3n) is 6.31. The van der Waals surface area contributed by atoms with Crippen LogP contribution in [0.2, 0.25) is 0 Å². The molecule has 6 heteroatoms. The number of hydrogen-bond donors (Lipinski definition) is 1. The maximum Gasteiger partial charge on any atom is 0.266 e. The molecular formula is C25H20N4O2. The molecule has 6 nitrogen and oxygen atoms in total. The predicted molar refractivity (Wildman–Crippen MR) is 120 cm³/mol. The molecule has 6 rings (SSSR count). The van der Waals surface area contributed by atoms with Crippen molar-refractivity contribution < 1.29 is 9.59 Å². The number of fused-ring (bicyclic) bond motifs is 5. The van der Waals surface area contributed by atoms with E-state index in [2.05, 4.69) is 16.2 Å². The van der Waals surface area contributed by atoms with Gasteiger partial charge in [-0.25, -0.2) is 5.01 Å². The third-order valence-corrected chi connectivity index (χ3v) is 6.31. The van der Waals surface area contributed by atoms with E-state index in [9.17, 15) is 9.59 Å².